The highest BCUT2D eigenvalue weighted by Crippen LogP contribution is 2.62. The minimum Gasteiger partial charge on any atom is -0.459 e. The number of non-ortho nitro benzene ring substituents is 1. The summed E-state index contributed by atoms with van der Waals surface area (Å²) in [6.45, 7) is 4.70. The molecule has 2 saturated carbocycles. The third kappa shape index (κ3) is 12.5. The van der Waals surface area contributed by atoms with Gasteiger partial charge in [0.15, 0.2) is 0 Å². The Morgan fingerprint density at radius 3 is 2.29 bits per heavy atom. The summed E-state index contributed by atoms with van der Waals surface area (Å²) in [5.41, 5.74) is 5.31. The molecule has 14 nitrogen and oxygen atoms in total. The van der Waals surface area contributed by atoms with Crippen molar-refractivity contribution in [2.75, 3.05) is 46.2 Å². The number of nitro groups is 1. The minimum atomic E-state index is -1.46. The molecule has 6 unspecified atom stereocenters. The molecule has 4 aliphatic rings. The lowest BCUT2D eigenvalue weighted by Crippen LogP contribution is -2.70. The van der Waals surface area contributed by atoms with Gasteiger partial charge >= 0.3 is 0 Å². The second-order valence-electron chi connectivity index (χ2n) is 19.6. The van der Waals surface area contributed by atoms with Gasteiger partial charge in [-0.15, -0.1) is 6.58 Å². The van der Waals surface area contributed by atoms with Gasteiger partial charge in [0, 0.05) is 56.2 Å². The lowest BCUT2D eigenvalue weighted by atomic mass is 9.55. The van der Waals surface area contributed by atoms with Crippen LogP contribution in [0.1, 0.15) is 101 Å². The maximum atomic E-state index is 15.1. The van der Waals surface area contributed by atoms with Crippen molar-refractivity contribution in [3.63, 3.8) is 0 Å². The average molecular weight is 986 g/mol. The van der Waals surface area contributed by atoms with Crippen LogP contribution in [0, 0.1) is 33.8 Å². The largest absolute Gasteiger partial charge is 0.459 e. The monoisotopic (exact) mass is 986 g/mol. The van der Waals surface area contributed by atoms with Crippen molar-refractivity contribution in [3.8, 4) is 28.4 Å². The molecule has 3 aliphatic carbocycles. The van der Waals surface area contributed by atoms with Gasteiger partial charge in [-0.05, 0) is 115 Å². The lowest BCUT2D eigenvalue weighted by molar-refractivity contribution is -0.384. The Hall–Kier alpha value is -5.90. The Bertz CT molecular complexity index is 2460. The van der Waals surface area contributed by atoms with Crippen LogP contribution in [0.5, 0.6) is 17.2 Å². The van der Waals surface area contributed by atoms with E-state index >= 15 is 4.79 Å². The average Bonchev–Trinajstić information content (AvgIpc) is 3.93. The maximum absolute atomic E-state index is 15.1. The number of benzene rings is 4. The summed E-state index contributed by atoms with van der Waals surface area (Å²) < 4.78 is 27.2. The number of nitrogens with zero attached hydrogens (tertiary/aromatic N) is 3. The second kappa shape index (κ2) is 25.7. The van der Waals surface area contributed by atoms with E-state index in [1.807, 2.05) is 59.5 Å². The zero-order valence-electron chi connectivity index (χ0n) is 41.4. The molecule has 0 radical (unpaired) electrons. The molecule has 0 aromatic heterocycles. The molecule has 0 saturated heterocycles. The first-order valence-electron chi connectivity index (χ1n) is 26.0. The second-order valence-corrected chi connectivity index (χ2v) is 19.6. The zero-order chi connectivity index (χ0) is 50.3. The number of nitro benzene ring substituents is 1. The molecule has 2 fully saturated rings. The highest BCUT2D eigenvalue weighted by molar-refractivity contribution is 6.03. The summed E-state index contributed by atoms with van der Waals surface area (Å²) in [6.07, 6.45) is 14.2. The Morgan fingerprint density at radius 2 is 1.58 bits per heavy atom. The topological polar surface area (TPSA) is 183 Å². The van der Waals surface area contributed by atoms with Crippen LogP contribution >= 0.6 is 0 Å². The molecule has 1 aliphatic heterocycles. The molecule has 3 N–H and O–H groups in total. The van der Waals surface area contributed by atoms with Gasteiger partial charge in [-0.2, -0.15) is 0 Å². The quantitative estimate of drug-likeness (QED) is 0.0224. The molecule has 0 bridgehead atoms. The summed E-state index contributed by atoms with van der Waals surface area (Å²) in [4.78, 5) is 34.2. The summed E-state index contributed by atoms with van der Waals surface area (Å²) in [7, 11) is 0. The van der Waals surface area contributed by atoms with E-state index in [-0.39, 0.29) is 88.6 Å². The van der Waals surface area contributed by atoms with E-state index in [1.54, 1.807) is 18.2 Å². The smallest absolute Gasteiger partial charge is 0.269 e. The van der Waals surface area contributed by atoms with E-state index in [0.29, 0.717) is 53.7 Å². The number of rotatable bonds is 27. The molecule has 384 valence electrons. The number of hydrogen-bond donors (Lipinski definition) is 3. The van der Waals surface area contributed by atoms with Gasteiger partial charge in [0.05, 0.1) is 43.0 Å². The Kier molecular flexibility index (Phi) is 18.7. The van der Waals surface area contributed by atoms with Crippen LogP contribution in [-0.4, -0.2) is 94.8 Å². The van der Waals surface area contributed by atoms with E-state index in [2.05, 4.69) is 30.9 Å². The van der Waals surface area contributed by atoms with Crippen molar-refractivity contribution in [1.82, 2.24) is 4.90 Å². The SMILES string of the molecule is C=CCOC12Oc3ccc(Oc4ccc(-c5ccccc5)cc4)cc3C3C(CCCCO)C(CCCCO)C=C(C(=NOCc4ccc([N+](=O)[O-])cc4)CC1N(CCOCCO)C(=O)CCC1CCCC1)C32. The van der Waals surface area contributed by atoms with Crippen LogP contribution in [0.4, 0.5) is 5.69 Å². The fraction of sp³-hybridized carbons (Fsp3) is 0.483. The van der Waals surface area contributed by atoms with Gasteiger partial charge in [0.25, 0.3) is 5.69 Å². The zero-order valence-corrected chi connectivity index (χ0v) is 41.4. The van der Waals surface area contributed by atoms with Crippen LogP contribution < -0.4 is 9.47 Å². The Balaban J connectivity index is 1.27. The normalized spacial score (nSPS) is 22.8. The standard InChI is InChI=1S/C58H71N3O11/c1-2-34-69-58-54(60(30-35-68-36-33-64)55(65)29-20-41-12-6-7-13-41)39-52(59-70-40-42-18-23-46(24-19-42)61(66)67)50-37-45(16-8-10-31-62)49(17-9-11-32-63)56(57(50)58)51-38-48(27-28-53(51)72-58)71-47-25-21-44(22-26-47)43-14-4-3-5-15-43/h2-5,14-15,18-19,21-28,37-38,41,45,49,54,56-57,62-64H,1,6-13,16-17,20,29-36,39-40H2. The number of aliphatic hydroxyl groups is 3. The third-order valence-electron chi connectivity index (χ3n) is 15.0. The molecule has 6 atom stereocenters. The first kappa shape index (κ1) is 52.4. The molecule has 1 amide bonds. The minimum absolute atomic E-state index is 0.000752. The van der Waals surface area contributed by atoms with E-state index in [9.17, 15) is 25.4 Å². The van der Waals surface area contributed by atoms with E-state index in [4.69, 9.17) is 28.9 Å². The molecule has 4 aromatic rings. The number of oxime groups is 1. The van der Waals surface area contributed by atoms with Crippen LogP contribution in [-0.2, 0) is 25.7 Å². The number of carbonyl (C=O) groups excluding carboxylic acids is 1. The number of allylic oxidation sites excluding steroid dienone is 1. The van der Waals surface area contributed by atoms with Crippen LogP contribution in [0.2, 0.25) is 0 Å². The van der Waals surface area contributed by atoms with Crippen molar-refractivity contribution < 1.29 is 48.8 Å². The highest BCUT2D eigenvalue weighted by Gasteiger charge is 2.65. The van der Waals surface area contributed by atoms with Crippen molar-refractivity contribution in [1.29, 1.82) is 0 Å². The molecular formula is C58H71N3O11. The summed E-state index contributed by atoms with van der Waals surface area (Å²) in [6, 6.07) is 29.6. The van der Waals surface area contributed by atoms with Crippen molar-refractivity contribution >= 4 is 17.3 Å². The first-order valence-corrected chi connectivity index (χ1v) is 26.0. The van der Waals surface area contributed by atoms with E-state index in [0.717, 1.165) is 80.1 Å². The number of aliphatic hydroxyl groups excluding tert-OH is 3. The third-order valence-corrected chi connectivity index (χ3v) is 15.0. The number of carbonyl (C=O) groups is 1. The predicted molar refractivity (Wildman–Crippen MR) is 276 cm³/mol. The first-order chi connectivity index (χ1) is 35.3. The van der Waals surface area contributed by atoms with Crippen molar-refractivity contribution in [3.05, 3.63) is 143 Å². The predicted octanol–water partition coefficient (Wildman–Crippen LogP) is 10.7. The molecule has 14 heteroatoms. The van der Waals surface area contributed by atoms with Gasteiger partial charge in [-0.3, -0.25) is 14.9 Å². The molecule has 4 aromatic carbocycles. The number of amides is 1. The molecule has 72 heavy (non-hydrogen) atoms. The van der Waals surface area contributed by atoms with Gasteiger partial charge < -0.3 is 44.0 Å². The lowest BCUT2D eigenvalue weighted by Gasteiger charge is -2.60. The summed E-state index contributed by atoms with van der Waals surface area (Å²) in [5, 5.41) is 46.2. The Morgan fingerprint density at radius 1 is 0.861 bits per heavy atom. The van der Waals surface area contributed by atoms with Gasteiger partial charge in [0.2, 0.25) is 11.7 Å². The molecular weight excluding hydrogens is 915 g/mol. The van der Waals surface area contributed by atoms with Gasteiger partial charge in [-0.25, -0.2) is 0 Å². The molecule has 1 heterocycles. The van der Waals surface area contributed by atoms with E-state index in [1.165, 1.54) is 12.1 Å². The number of unbranched alkanes of at least 4 members (excludes halogenated alkanes) is 2. The van der Waals surface area contributed by atoms with Crippen LogP contribution in [0.3, 0.4) is 0 Å². The van der Waals surface area contributed by atoms with Crippen molar-refractivity contribution in [2.24, 2.45) is 28.8 Å². The fourth-order valence-electron chi connectivity index (χ4n) is 11.6. The fourth-order valence-corrected chi connectivity index (χ4v) is 11.6. The van der Waals surface area contributed by atoms with Gasteiger partial charge in [0.1, 0.15) is 29.9 Å². The van der Waals surface area contributed by atoms with Crippen LogP contribution in [0.25, 0.3) is 11.1 Å². The maximum Gasteiger partial charge on any atom is 0.269 e. The number of fused-ring (bicyclic) bond motifs is 2. The molecule has 0 spiro atoms. The summed E-state index contributed by atoms with van der Waals surface area (Å²) >= 11 is 0. The van der Waals surface area contributed by atoms with Gasteiger partial charge in [-0.1, -0.05) is 98.3 Å². The molecule has 8 rings (SSSR count). The number of ether oxygens (including phenoxy) is 4. The number of hydrogen-bond acceptors (Lipinski definition) is 12. The van der Waals surface area contributed by atoms with E-state index < -0.39 is 22.7 Å². The Labute approximate surface area is 423 Å². The van der Waals surface area contributed by atoms with Crippen LogP contribution in [0.15, 0.2) is 127 Å². The van der Waals surface area contributed by atoms with Crippen molar-refractivity contribution in [2.45, 2.75) is 108 Å². The highest BCUT2D eigenvalue weighted by atomic mass is 16.7. The summed E-state index contributed by atoms with van der Waals surface area (Å²) in [5.74, 6) is 0.0733.